The second-order valence-corrected chi connectivity index (χ2v) is 5.20. The molecule has 0 heterocycles. The molecule has 0 aliphatic carbocycles. The number of rotatable bonds is 4. The van der Waals surface area contributed by atoms with Gasteiger partial charge in [0.05, 0.1) is 6.10 Å². The zero-order valence-corrected chi connectivity index (χ0v) is 12.3. The van der Waals surface area contributed by atoms with E-state index in [9.17, 15) is 4.79 Å². The minimum Gasteiger partial charge on any atom is -0.392 e. The summed E-state index contributed by atoms with van der Waals surface area (Å²) in [4.78, 5) is 11.9. The molecule has 1 unspecified atom stereocenters. The van der Waals surface area contributed by atoms with Crippen molar-refractivity contribution >= 4 is 23.2 Å². The normalized spacial score (nSPS) is 12.1. The fraction of sp³-hybridized carbons (Fsp3) is 0.429. The van der Waals surface area contributed by atoms with Gasteiger partial charge in [-0.25, -0.2) is 0 Å². The van der Waals surface area contributed by atoms with Crippen LogP contribution in [0.2, 0.25) is 0 Å². The molecule has 1 rings (SSSR count). The molecule has 1 aromatic carbocycles. The van der Waals surface area contributed by atoms with Crippen molar-refractivity contribution < 1.29 is 9.90 Å². The Kier molecular flexibility index (Phi) is 5.92. The van der Waals surface area contributed by atoms with Crippen molar-refractivity contribution in [2.24, 2.45) is 0 Å². The second kappa shape index (κ2) is 7.21. The topological polar surface area (TPSA) is 61.4 Å². The van der Waals surface area contributed by atoms with Crippen molar-refractivity contribution in [3.8, 4) is 0 Å². The minimum absolute atomic E-state index is 0.221. The van der Waals surface area contributed by atoms with Gasteiger partial charge in [-0.05, 0) is 42.8 Å². The molecule has 1 aromatic rings. The molecule has 1 amide bonds. The predicted molar refractivity (Wildman–Crippen MR) is 80.3 cm³/mol. The molecule has 0 bridgehead atoms. The first-order valence-corrected chi connectivity index (χ1v) is 6.68. The Bertz CT molecular complexity index is 441. The van der Waals surface area contributed by atoms with Crippen LogP contribution in [-0.2, 0) is 0 Å². The fourth-order valence-corrected chi connectivity index (χ4v) is 1.66. The van der Waals surface area contributed by atoms with Crippen molar-refractivity contribution in [1.29, 1.82) is 0 Å². The van der Waals surface area contributed by atoms with E-state index in [0.717, 1.165) is 0 Å². The number of carbonyl (C=O) groups is 1. The van der Waals surface area contributed by atoms with Crippen LogP contribution in [0.25, 0.3) is 0 Å². The third-order valence-corrected chi connectivity index (χ3v) is 2.87. The van der Waals surface area contributed by atoms with Gasteiger partial charge in [-0.15, -0.1) is 0 Å². The number of hydrogen-bond donors (Lipinski definition) is 3. The highest BCUT2D eigenvalue weighted by Gasteiger charge is 2.08. The summed E-state index contributed by atoms with van der Waals surface area (Å²) < 4.78 is 0. The van der Waals surface area contributed by atoms with Crippen LogP contribution < -0.4 is 10.6 Å². The molecule has 0 spiro atoms. The van der Waals surface area contributed by atoms with Crippen molar-refractivity contribution in [3.63, 3.8) is 0 Å². The highest BCUT2D eigenvalue weighted by atomic mass is 32.1. The maximum absolute atomic E-state index is 11.9. The number of hydrogen-bond acceptors (Lipinski definition) is 3. The minimum atomic E-state index is -0.514. The number of aliphatic hydroxyl groups is 1. The Morgan fingerprint density at radius 2 is 1.84 bits per heavy atom. The van der Waals surface area contributed by atoms with E-state index in [2.05, 4.69) is 24.5 Å². The molecule has 0 fully saturated rings. The third kappa shape index (κ3) is 5.36. The van der Waals surface area contributed by atoms with Crippen LogP contribution in [0, 0.1) is 0 Å². The first-order chi connectivity index (χ1) is 8.90. The van der Waals surface area contributed by atoms with Gasteiger partial charge in [0, 0.05) is 12.1 Å². The molecule has 3 N–H and O–H groups in total. The van der Waals surface area contributed by atoms with Crippen molar-refractivity contribution in [2.75, 3.05) is 6.54 Å². The Morgan fingerprint density at radius 1 is 1.26 bits per heavy atom. The number of nitrogens with one attached hydrogen (secondary N) is 2. The molecule has 1 atom stereocenters. The van der Waals surface area contributed by atoms with E-state index in [1.807, 2.05) is 12.1 Å². The predicted octanol–water partition coefficient (Wildman–Crippen LogP) is 1.80. The van der Waals surface area contributed by atoms with Gasteiger partial charge in [0.1, 0.15) is 0 Å². The first kappa shape index (κ1) is 15.6. The largest absolute Gasteiger partial charge is 0.392 e. The molecule has 0 aromatic heterocycles. The number of aliphatic hydroxyl groups excluding tert-OH is 1. The van der Waals surface area contributed by atoms with Gasteiger partial charge in [0.25, 0.3) is 5.91 Å². The van der Waals surface area contributed by atoms with Gasteiger partial charge in [-0.2, -0.15) is 0 Å². The first-order valence-electron chi connectivity index (χ1n) is 6.27. The van der Waals surface area contributed by atoms with E-state index >= 15 is 0 Å². The summed E-state index contributed by atoms with van der Waals surface area (Å²) in [5.74, 6) is 0.185. The summed E-state index contributed by atoms with van der Waals surface area (Å²) in [6.07, 6.45) is -0.514. The Hall–Kier alpha value is -1.46. The molecule has 0 aliphatic rings. The second-order valence-electron chi connectivity index (χ2n) is 4.79. The third-order valence-electron chi connectivity index (χ3n) is 2.62. The quantitative estimate of drug-likeness (QED) is 0.736. The number of carbonyl (C=O) groups excluding carboxylic acids is 1. The Morgan fingerprint density at radius 3 is 2.32 bits per heavy atom. The van der Waals surface area contributed by atoms with Crippen LogP contribution >= 0.6 is 12.2 Å². The standard InChI is InChI=1S/C14H20N2O2S/c1-9(2)11-4-6-12(7-5-11)13(18)16-14(19)15-8-10(3)17/h4-7,9-10,17H,8H2,1-3H3,(H2,15,16,18,19). The summed E-state index contributed by atoms with van der Waals surface area (Å²) in [5, 5.41) is 14.7. The van der Waals surface area contributed by atoms with E-state index in [4.69, 9.17) is 17.3 Å². The van der Waals surface area contributed by atoms with Crippen LogP contribution in [-0.4, -0.2) is 28.8 Å². The average Bonchev–Trinajstić information content (AvgIpc) is 2.36. The lowest BCUT2D eigenvalue weighted by Crippen LogP contribution is -2.41. The molecular formula is C14H20N2O2S. The zero-order valence-electron chi connectivity index (χ0n) is 11.4. The van der Waals surface area contributed by atoms with Crippen LogP contribution in [0.5, 0.6) is 0 Å². The summed E-state index contributed by atoms with van der Waals surface area (Å²) in [6.45, 7) is 6.15. The highest BCUT2D eigenvalue weighted by Crippen LogP contribution is 2.14. The Labute approximate surface area is 119 Å². The maximum atomic E-state index is 11.9. The molecule has 0 saturated carbocycles. The summed E-state index contributed by atoms with van der Waals surface area (Å²) >= 11 is 4.96. The number of benzene rings is 1. The SMILES string of the molecule is CC(O)CNC(=S)NC(=O)c1ccc(C(C)C)cc1. The number of thiocarbonyl (C=S) groups is 1. The maximum Gasteiger partial charge on any atom is 0.257 e. The van der Waals surface area contributed by atoms with E-state index in [1.54, 1.807) is 19.1 Å². The van der Waals surface area contributed by atoms with Crippen LogP contribution in [0.4, 0.5) is 0 Å². The van der Waals surface area contributed by atoms with Gasteiger partial charge in [-0.1, -0.05) is 26.0 Å². The highest BCUT2D eigenvalue weighted by molar-refractivity contribution is 7.80. The monoisotopic (exact) mass is 280 g/mol. The van der Waals surface area contributed by atoms with Crippen molar-refractivity contribution in [2.45, 2.75) is 32.8 Å². The van der Waals surface area contributed by atoms with Crippen LogP contribution in [0.15, 0.2) is 24.3 Å². The lowest BCUT2D eigenvalue weighted by molar-refractivity contribution is 0.0976. The van der Waals surface area contributed by atoms with Gasteiger partial charge < -0.3 is 10.4 Å². The Balaban J connectivity index is 2.56. The lowest BCUT2D eigenvalue weighted by atomic mass is 10.0. The van der Waals surface area contributed by atoms with Crippen LogP contribution in [0.1, 0.15) is 42.6 Å². The van der Waals surface area contributed by atoms with E-state index in [-0.39, 0.29) is 11.0 Å². The molecule has 0 aliphatic heterocycles. The molecule has 0 saturated heterocycles. The fourth-order valence-electron chi connectivity index (χ4n) is 1.48. The lowest BCUT2D eigenvalue weighted by Gasteiger charge is -2.11. The smallest absolute Gasteiger partial charge is 0.257 e. The van der Waals surface area contributed by atoms with Gasteiger partial charge >= 0.3 is 0 Å². The van der Waals surface area contributed by atoms with Crippen molar-refractivity contribution in [3.05, 3.63) is 35.4 Å². The summed E-state index contributed by atoms with van der Waals surface area (Å²) in [6, 6.07) is 7.43. The summed E-state index contributed by atoms with van der Waals surface area (Å²) in [7, 11) is 0. The molecule has 104 valence electrons. The van der Waals surface area contributed by atoms with Crippen LogP contribution in [0.3, 0.4) is 0 Å². The van der Waals surface area contributed by atoms with Gasteiger partial charge in [-0.3, -0.25) is 10.1 Å². The molecule has 5 heteroatoms. The van der Waals surface area contributed by atoms with E-state index in [1.165, 1.54) is 5.56 Å². The number of amides is 1. The molecule has 0 radical (unpaired) electrons. The summed E-state index contributed by atoms with van der Waals surface area (Å²) in [5.41, 5.74) is 1.75. The van der Waals surface area contributed by atoms with Gasteiger partial charge in [0.2, 0.25) is 0 Å². The van der Waals surface area contributed by atoms with Crippen molar-refractivity contribution in [1.82, 2.24) is 10.6 Å². The molecule has 19 heavy (non-hydrogen) atoms. The molecule has 4 nitrogen and oxygen atoms in total. The molecular weight excluding hydrogens is 260 g/mol. The van der Waals surface area contributed by atoms with E-state index in [0.29, 0.717) is 18.0 Å². The van der Waals surface area contributed by atoms with Gasteiger partial charge in [0.15, 0.2) is 5.11 Å². The van der Waals surface area contributed by atoms with E-state index < -0.39 is 6.10 Å². The average molecular weight is 280 g/mol. The zero-order chi connectivity index (χ0) is 14.4.